The van der Waals surface area contributed by atoms with Crippen LogP contribution in [0.4, 0.5) is 13.6 Å². The number of hydrogen-bond acceptors (Lipinski definition) is 9. The van der Waals surface area contributed by atoms with Crippen molar-refractivity contribution in [2.45, 2.75) is 133 Å². The number of carbonyl (C=O) groups is 4. The minimum Gasteiger partial charge on any atom is -0.492 e. The van der Waals surface area contributed by atoms with Crippen LogP contribution in [0.3, 0.4) is 0 Å². The highest BCUT2D eigenvalue weighted by Gasteiger charge is 2.63. The van der Waals surface area contributed by atoms with Gasteiger partial charge in [-0.05, 0) is 84.1 Å². The fourth-order valence-corrected chi connectivity index (χ4v) is 9.73. The number of amides is 4. The van der Waals surface area contributed by atoms with Gasteiger partial charge in [0.05, 0.1) is 24.1 Å². The molecule has 1 aromatic heterocycles. The Morgan fingerprint density at radius 1 is 1.16 bits per heavy atom. The minimum absolute atomic E-state index is 0.0822. The predicted octanol–water partition coefficient (Wildman–Crippen LogP) is 5.65. The summed E-state index contributed by atoms with van der Waals surface area (Å²) in [5, 5.41) is 14.7. The van der Waals surface area contributed by atoms with Gasteiger partial charge in [0.25, 0.3) is 12.3 Å². The van der Waals surface area contributed by atoms with Gasteiger partial charge in [-0.3, -0.25) is 24.0 Å². The van der Waals surface area contributed by atoms with Gasteiger partial charge in [0, 0.05) is 23.1 Å². The zero-order chi connectivity index (χ0) is 42.4. The van der Waals surface area contributed by atoms with Gasteiger partial charge < -0.3 is 24.8 Å². The summed E-state index contributed by atoms with van der Waals surface area (Å²) in [5.41, 5.74) is -3.96. The van der Waals surface area contributed by atoms with E-state index in [0.717, 1.165) is 13.8 Å². The maximum Gasteiger partial charge on any atom is 0.408 e. The first-order chi connectivity index (χ1) is 27.3. The fraction of sp³-hybridized carbons (Fsp3) is 0.634. The Balaban J connectivity index is 1.43. The maximum absolute atomic E-state index is 15.2. The molecule has 4 amide bonds. The average Bonchev–Trinajstić information content (AvgIpc) is 4.05. The van der Waals surface area contributed by atoms with Gasteiger partial charge >= 0.3 is 6.09 Å². The van der Waals surface area contributed by atoms with Crippen molar-refractivity contribution in [2.24, 2.45) is 17.8 Å². The van der Waals surface area contributed by atoms with Gasteiger partial charge in [0.1, 0.15) is 35.0 Å². The molecule has 318 valence electrons. The first-order valence-corrected chi connectivity index (χ1v) is 21.6. The van der Waals surface area contributed by atoms with Crippen molar-refractivity contribution in [2.75, 3.05) is 13.2 Å². The van der Waals surface area contributed by atoms with E-state index in [9.17, 15) is 36.7 Å². The summed E-state index contributed by atoms with van der Waals surface area (Å²) in [4.78, 5) is 63.1. The number of pyridine rings is 1. The van der Waals surface area contributed by atoms with Crippen LogP contribution >= 0.6 is 0 Å². The van der Waals surface area contributed by atoms with E-state index in [2.05, 4.69) is 15.0 Å². The van der Waals surface area contributed by atoms with Crippen LogP contribution in [0.5, 0.6) is 11.6 Å². The summed E-state index contributed by atoms with van der Waals surface area (Å²) in [7, 11) is -4.08. The number of ether oxygens (including phenoxy) is 2. The zero-order valence-electron chi connectivity index (χ0n) is 33.9. The van der Waals surface area contributed by atoms with Crippen LogP contribution < -0.4 is 19.5 Å². The Kier molecular flexibility index (Phi) is 12.1. The van der Waals surface area contributed by atoms with E-state index in [0.29, 0.717) is 60.1 Å². The molecule has 3 N–H and O–H groups in total. The molecule has 2 aliphatic carbocycles. The molecular formula is C41H55F2N5O9S. The molecule has 1 aromatic carbocycles. The monoisotopic (exact) mass is 831 g/mol. The van der Waals surface area contributed by atoms with E-state index < -0.39 is 86.1 Å². The Morgan fingerprint density at radius 2 is 1.84 bits per heavy atom. The van der Waals surface area contributed by atoms with Crippen molar-refractivity contribution in [3.05, 3.63) is 42.6 Å². The molecule has 17 heteroatoms. The van der Waals surface area contributed by atoms with Gasteiger partial charge in [-0.2, -0.15) is 0 Å². The summed E-state index contributed by atoms with van der Waals surface area (Å²) in [6, 6.07) is 4.24. The van der Waals surface area contributed by atoms with Gasteiger partial charge in [-0.15, -0.1) is 0 Å². The molecule has 14 nitrogen and oxygen atoms in total. The number of hydrogen-bond donors (Lipinski definition) is 3. The van der Waals surface area contributed by atoms with E-state index in [1.807, 2.05) is 32.1 Å². The lowest BCUT2D eigenvalue weighted by Crippen LogP contribution is -2.65. The van der Waals surface area contributed by atoms with Crippen molar-refractivity contribution in [1.29, 1.82) is 0 Å². The highest BCUT2D eigenvalue weighted by molar-refractivity contribution is 7.91. The zero-order valence-corrected chi connectivity index (χ0v) is 34.7. The van der Waals surface area contributed by atoms with E-state index in [-0.39, 0.29) is 37.6 Å². The summed E-state index contributed by atoms with van der Waals surface area (Å²) in [5.74, 6) is -3.19. The van der Waals surface area contributed by atoms with Gasteiger partial charge in [0.15, 0.2) is 0 Å². The summed E-state index contributed by atoms with van der Waals surface area (Å²) in [6.07, 6.45) is 1.82. The number of benzene rings is 1. The quantitative estimate of drug-likeness (QED) is 0.239. The molecule has 2 aromatic rings. The molecule has 4 aliphatic rings. The summed E-state index contributed by atoms with van der Waals surface area (Å²) in [6.45, 7) is 9.38. The number of fused-ring (bicyclic) bond motifs is 3. The Morgan fingerprint density at radius 3 is 2.47 bits per heavy atom. The smallest absolute Gasteiger partial charge is 0.408 e. The molecule has 3 fully saturated rings. The van der Waals surface area contributed by atoms with Crippen LogP contribution in [0.1, 0.15) is 92.9 Å². The van der Waals surface area contributed by atoms with Gasteiger partial charge in [0.2, 0.25) is 27.7 Å². The number of alkyl halides is 2. The van der Waals surface area contributed by atoms with Gasteiger partial charge in [-0.25, -0.2) is 27.0 Å². The van der Waals surface area contributed by atoms with E-state index in [4.69, 9.17) is 9.47 Å². The second-order valence-corrected chi connectivity index (χ2v) is 19.3. The number of aromatic nitrogens is 1. The Hall–Kier alpha value is -4.54. The molecule has 6 rings (SSSR count). The van der Waals surface area contributed by atoms with Crippen molar-refractivity contribution < 1.29 is 51.0 Å². The van der Waals surface area contributed by atoms with Crippen LogP contribution in [0.25, 0.3) is 10.8 Å². The molecular weight excluding hydrogens is 777 g/mol. The van der Waals surface area contributed by atoms with Crippen LogP contribution in [0.2, 0.25) is 0 Å². The predicted molar refractivity (Wildman–Crippen MR) is 211 cm³/mol. The number of carboxylic acid groups (broad SMARTS) is 1. The lowest BCUT2D eigenvalue weighted by molar-refractivity contribution is -0.149. The number of sulfonamides is 1. The van der Waals surface area contributed by atoms with Crippen molar-refractivity contribution >= 4 is 44.6 Å². The fourth-order valence-electron chi connectivity index (χ4n) is 8.42. The third kappa shape index (κ3) is 8.19. The molecule has 0 radical (unpaired) electrons. The number of nitrogens with zero attached hydrogens (tertiary/aromatic N) is 3. The molecule has 0 bridgehead atoms. The van der Waals surface area contributed by atoms with Crippen molar-refractivity contribution in [3.63, 3.8) is 0 Å². The molecule has 1 saturated heterocycles. The third-order valence-electron chi connectivity index (χ3n) is 12.5. The number of allylic oxidation sites excluding steroid dienone is 1. The van der Waals surface area contributed by atoms with Crippen LogP contribution in [-0.4, -0.2) is 106 Å². The second kappa shape index (κ2) is 16.3. The normalized spacial score (nSPS) is 29.3. The molecule has 2 aliphatic heterocycles. The maximum atomic E-state index is 15.2. The Bertz CT molecular complexity index is 2060. The lowest BCUT2D eigenvalue weighted by Gasteiger charge is -2.45. The average molecular weight is 832 g/mol. The highest BCUT2D eigenvalue weighted by Crippen LogP contribution is 2.48. The molecule has 3 heterocycles. The van der Waals surface area contributed by atoms with Crippen LogP contribution in [-0.2, 0) is 24.4 Å². The van der Waals surface area contributed by atoms with Crippen molar-refractivity contribution in [3.8, 4) is 11.6 Å². The van der Waals surface area contributed by atoms with E-state index in [1.54, 1.807) is 32.1 Å². The van der Waals surface area contributed by atoms with Gasteiger partial charge in [-0.1, -0.05) is 50.6 Å². The topological polar surface area (TPSA) is 185 Å². The summed E-state index contributed by atoms with van der Waals surface area (Å²) >= 11 is 0. The molecule has 0 unspecified atom stereocenters. The first kappa shape index (κ1) is 43.0. The van der Waals surface area contributed by atoms with E-state index >= 15 is 4.79 Å². The standard InChI is InChI=1S/C41H55F2N5O9S/c1-7-25-19-24(3)13-9-10-14-26-21-41(26,37(51)46-58(54,55)40(6)17-18-40)45-33(49)30-20-27(57-34-29-16-12-11-15-28(29)31(22-44-34)56-8-2)23-47(30)35(50)32(25)48(38(52)53)39(4,5)36(42)43/h10-12,14-16,22,24-27,30,32,36H,7-9,13,17-21,23H2,1-6H3,(H,45,49)(H,46,51)(H,52,53)/b14-10-/t24-,25-,26-,27-,30+,32+,41-/m1/s1. The molecule has 7 atom stereocenters. The SMILES string of the molecule is CCOc1cnc(O[C@@H]2C[C@H]3C(=O)N[C@]4(C(=O)NS(=O)(=O)C5(C)CC5)C[C@H]4/C=C\CC[C@@H](C)C[C@@H](CC)[C@H](N(C(=O)O)C(C)(C)C(F)F)C(=O)N3C2)c2ccccc12. The first-order valence-electron chi connectivity index (χ1n) is 20.1. The van der Waals surface area contributed by atoms with E-state index in [1.165, 1.54) is 11.1 Å². The van der Waals surface area contributed by atoms with Crippen LogP contribution in [0.15, 0.2) is 42.6 Å². The minimum atomic E-state index is -4.08. The number of carbonyl (C=O) groups excluding carboxylic acids is 3. The molecule has 2 saturated carbocycles. The molecule has 58 heavy (non-hydrogen) atoms. The molecule has 0 spiro atoms. The number of nitrogens with one attached hydrogen (secondary N) is 2. The summed E-state index contributed by atoms with van der Waals surface area (Å²) < 4.78 is 69.3. The lowest BCUT2D eigenvalue weighted by atomic mass is 9.82. The number of rotatable bonds is 11. The van der Waals surface area contributed by atoms with Crippen LogP contribution in [0, 0.1) is 17.8 Å². The third-order valence-corrected chi connectivity index (χ3v) is 14.7. The highest BCUT2D eigenvalue weighted by atomic mass is 32.2. The Labute approximate surface area is 338 Å². The largest absolute Gasteiger partial charge is 0.492 e. The second-order valence-electron chi connectivity index (χ2n) is 17.1. The number of halogens is 2. The van der Waals surface area contributed by atoms with Crippen molar-refractivity contribution in [1.82, 2.24) is 24.8 Å².